The molecule has 19 heavy (non-hydrogen) atoms. The zero-order chi connectivity index (χ0) is 13.7. The molecule has 1 aromatic carbocycles. The summed E-state index contributed by atoms with van der Waals surface area (Å²) in [6, 6.07) is 6.97. The summed E-state index contributed by atoms with van der Waals surface area (Å²) in [5, 5.41) is 0. The highest BCUT2D eigenvalue weighted by Gasteiger charge is 2.20. The maximum Gasteiger partial charge on any atom is 0.262 e. The zero-order valence-corrected chi connectivity index (χ0v) is 12.1. The van der Waals surface area contributed by atoms with Crippen LogP contribution in [-0.2, 0) is 21.3 Å². The molecule has 0 radical (unpaired) electrons. The molecule has 0 heterocycles. The Bertz CT molecular complexity index is 490. The van der Waals surface area contributed by atoms with E-state index in [9.17, 15) is 8.42 Å². The molecular formula is C14H21NO3S. The van der Waals surface area contributed by atoms with Crippen LogP contribution >= 0.6 is 0 Å². The Labute approximate surface area is 115 Å². The smallest absolute Gasteiger partial charge is 0.262 e. The average molecular weight is 283 g/mol. The largest absolute Gasteiger partial charge is 0.284 e. The van der Waals surface area contributed by atoms with Crippen LogP contribution in [0.4, 0.5) is 0 Å². The normalized spacial score (nSPS) is 16.9. The molecule has 1 N–H and O–H groups in total. The van der Waals surface area contributed by atoms with Gasteiger partial charge in [0.25, 0.3) is 10.0 Å². The zero-order valence-electron chi connectivity index (χ0n) is 11.3. The maximum absolute atomic E-state index is 12.0. The van der Waals surface area contributed by atoms with Crippen LogP contribution in [0.1, 0.15) is 44.6 Å². The summed E-state index contributed by atoms with van der Waals surface area (Å²) >= 11 is 0. The Kier molecular flexibility index (Phi) is 4.96. The topological polar surface area (TPSA) is 55.4 Å². The van der Waals surface area contributed by atoms with E-state index in [0.717, 1.165) is 44.1 Å². The SMILES string of the molecule is CCCc1ccc(S(=O)(=O)NOC2CCCC2)cc1. The predicted octanol–water partition coefficient (Wildman–Crippen LogP) is 2.79. The van der Waals surface area contributed by atoms with Gasteiger partial charge in [-0.1, -0.05) is 43.2 Å². The van der Waals surface area contributed by atoms with Crippen molar-refractivity contribution in [3.63, 3.8) is 0 Å². The third kappa shape index (κ3) is 4.03. The highest BCUT2D eigenvalue weighted by atomic mass is 32.2. The number of benzene rings is 1. The van der Waals surface area contributed by atoms with Crippen LogP contribution in [0.15, 0.2) is 29.2 Å². The number of aryl methyl sites for hydroxylation is 1. The Morgan fingerprint density at radius 3 is 2.42 bits per heavy atom. The highest BCUT2D eigenvalue weighted by Crippen LogP contribution is 2.21. The summed E-state index contributed by atoms with van der Waals surface area (Å²) in [6.07, 6.45) is 6.11. The van der Waals surface area contributed by atoms with Crippen molar-refractivity contribution in [1.82, 2.24) is 4.89 Å². The van der Waals surface area contributed by atoms with E-state index < -0.39 is 10.0 Å². The lowest BCUT2D eigenvalue weighted by molar-refractivity contribution is 0.0223. The number of hydrogen-bond donors (Lipinski definition) is 1. The molecule has 5 heteroatoms. The monoisotopic (exact) mass is 283 g/mol. The van der Waals surface area contributed by atoms with Crippen LogP contribution in [0.25, 0.3) is 0 Å². The molecule has 106 valence electrons. The summed E-state index contributed by atoms with van der Waals surface area (Å²) in [6.45, 7) is 2.10. The standard InChI is InChI=1S/C14H21NO3S/c1-2-5-12-8-10-14(11-9-12)19(16,17)15-18-13-6-3-4-7-13/h8-11,13,15H,2-7H2,1H3. The van der Waals surface area contributed by atoms with E-state index in [4.69, 9.17) is 4.84 Å². The molecule has 2 rings (SSSR count). The first-order valence-electron chi connectivity index (χ1n) is 6.88. The van der Waals surface area contributed by atoms with Crippen LogP contribution in [0, 0.1) is 0 Å². The van der Waals surface area contributed by atoms with E-state index in [2.05, 4.69) is 11.8 Å². The second-order valence-corrected chi connectivity index (χ2v) is 6.65. The van der Waals surface area contributed by atoms with Crippen LogP contribution in [-0.4, -0.2) is 14.5 Å². The van der Waals surface area contributed by atoms with Crippen molar-refractivity contribution < 1.29 is 13.3 Å². The quantitative estimate of drug-likeness (QED) is 0.817. The van der Waals surface area contributed by atoms with Crippen LogP contribution in [0.2, 0.25) is 0 Å². The average Bonchev–Trinajstić information content (AvgIpc) is 2.91. The van der Waals surface area contributed by atoms with E-state index in [1.807, 2.05) is 12.1 Å². The van der Waals surface area contributed by atoms with E-state index in [1.165, 1.54) is 0 Å². The number of hydrogen-bond acceptors (Lipinski definition) is 3. The van der Waals surface area contributed by atoms with Crippen molar-refractivity contribution in [1.29, 1.82) is 0 Å². The molecule has 1 fully saturated rings. The van der Waals surface area contributed by atoms with Gasteiger partial charge in [0.2, 0.25) is 0 Å². The molecule has 0 bridgehead atoms. The number of rotatable bonds is 6. The molecule has 1 aliphatic carbocycles. The lowest BCUT2D eigenvalue weighted by Crippen LogP contribution is -2.28. The summed E-state index contributed by atoms with van der Waals surface area (Å²) in [4.78, 5) is 7.76. The Morgan fingerprint density at radius 1 is 1.21 bits per heavy atom. The van der Waals surface area contributed by atoms with Crippen LogP contribution in [0.5, 0.6) is 0 Å². The van der Waals surface area contributed by atoms with Crippen LogP contribution < -0.4 is 4.89 Å². The molecule has 0 saturated heterocycles. The molecule has 0 unspecified atom stereocenters. The summed E-state index contributed by atoms with van der Waals surface area (Å²) in [5.74, 6) is 0. The van der Waals surface area contributed by atoms with Gasteiger partial charge in [0.05, 0.1) is 11.0 Å². The molecule has 4 nitrogen and oxygen atoms in total. The fourth-order valence-electron chi connectivity index (χ4n) is 2.31. The van der Waals surface area contributed by atoms with E-state index in [0.29, 0.717) is 0 Å². The van der Waals surface area contributed by atoms with Crippen molar-refractivity contribution >= 4 is 10.0 Å². The minimum absolute atomic E-state index is 0.0224. The predicted molar refractivity (Wildman–Crippen MR) is 74.1 cm³/mol. The molecule has 1 saturated carbocycles. The van der Waals surface area contributed by atoms with Gasteiger partial charge < -0.3 is 0 Å². The van der Waals surface area contributed by atoms with Gasteiger partial charge in [0.1, 0.15) is 0 Å². The molecule has 0 spiro atoms. The molecule has 0 aromatic heterocycles. The Balaban J connectivity index is 1.97. The van der Waals surface area contributed by atoms with Crippen molar-refractivity contribution in [2.75, 3.05) is 0 Å². The minimum Gasteiger partial charge on any atom is -0.284 e. The summed E-state index contributed by atoms with van der Waals surface area (Å²) in [5.41, 5.74) is 1.15. The van der Waals surface area contributed by atoms with Crippen molar-refractivity contribution in [2.45, 2.75) is 56.4 Å². The molecular weight excluding hydrogens is 262 g/mol. The third-order valence-corrected chi connectivity index (χ3v) is 4.61. The first kappa shape index (κ1) is 14.5. The third-order valence-electron chi connectivity index (χ3n) is 3.40. The second kappa shape index (κ2) is 6.50. The van der Waals surface area contributed by atoms with Gasteiger partial charge in [-0.3, -0.25) is 4.84 Å². The van der Waals surface area contributed by atoms with Gasteiger partial charge in [-0.2, -0.15) is 0 Å². The van der Waals surface area contributed by atoms with Gasteiger partial charge in [-0.15, -0.1) is 0 Å². The highest BCUT2D eigenvalue weighted by molar-refractivity contribution is 7.89. The van der Waals surface area contributed by atoms with Crippen LogP contribution in [0.3, 0.4) is 0 Å². The fourth-order valence-corrected chi connectivity index (χ4v) is 3.16. The van der Waals surface area contributed by atoms with Gasteiger partial charge in [0, 0.05) is 0 Å². The van der Waals surface area contributed by atoms with Crippen molar-refractivity contribution in [3.8, 4) is 0 Å². The fraction of sp³-hybridized carbons (Fsp3) is 0.571. The van der Waals surface area contributed by atoms with E-state index in [1.54, 1.807) is 12.1 Å². The first-order valence-corrected chi connectivity index (χ1v) is 8.36. The van der Waals surface area contributed by atoms with Crippen molar-refractivity contribution in [3.05, 3.63) is 29.8 Å². The summed E-state index contributed by atoms with van der Waals surface area (Å²) < 4.78 is 24.0. The first-order chi connectivity index (χ1) is 9.12. The van der Waals surface area contributed by atoms with Gasteiger partial charge >= 0.3 is 0 Å². The number of sulfonamides is 1. The minimum atomic E-state index is -3.55. The summed E-state index contributed by atoms with van der Waals surface area (Å²) in [7, 11) is -3.55. The van der Waals surface area contributed by atoms with E-state index in [-0.39, 0.29) is 11.0 Å². The van der Waals surface area contributed by atoms with Gasteiger partial charge in [0.15, 0.2) is 0 Å². The Morgan fingerprint density at radius 2 is 1.84 bits per heavy atom. The van der Waals surface area contributed by atoms with E-state index >= 15 is 0 Å². The van der Waals surface area contributed by atoms with Gasteiger partial charge in [-0.25, -0.2) is 8.42 Å². The lowest BCUT2D eigenvalue weighted by atomic mass is 10.1. The van der Waals surface area contributed by atoms with Gasteiger partial charge in [-0.05, 0) is 37.0 Å². The number of nitrogens with one attached hydrogen (secondary N) is 1. The Hall–Kier alpha value is -0.910. The lowest BCUT2D eigenvalue weighted by Gasteiger charge is -2.12. The second-order valence-electron chi connectivity index (χ2n) is 5.01. The molecule has 0 aliphatic heterocycles. The van der Waals surface area contributed by atoms with Crippen molar-refractivity contribution in [2.24, 2.45) is 0 Å². The molecule has 1 aliphatic rings. The molecule has 0 atom stereocenters. The maximum atomic E-state index is 12.0. The molecule has 0 amide bonds. The molecule has 1 aromatic rings.